The molecule has 0 bridgehead atoms. The Kier molecular flexibility index (Phi) is 6.22. The van der Waals surface area contributed by atoms with E-state index in [0.717, 1.165) is 10.0 Å². The van der Waals surface area contributed by atoms with E-state index >= 15 is 0 Å². The zero-order valence-corrected chi connectivity index (χ0v) is 17.0. The van der Waals surface area contributed by atoms with E-state index in [4.69, 9.17) is 23.2 Å². The highest BCUT2D eigenvalue weighted by Crippen LogP contribution is 2.25. The van der Waals surface area contributed by atoms with Crippen LogP contribution in [0.15, 0.2) is 46.9 Å². The smallest absolute Gasteiger partial charge is 0.253 e. The number of carbonyl (C=O) groups is 2. The van der Waals surface area contributed by atoms with Gasteiger partial charge in [0.25, 0.3) is 5.91 Å². The fourth-order valence-corrected chi connectivity index (χ4v) is 3.89. The van der Waals surface area contributed by atoms with E-state index in [1.54, 1.807) is 40.1 Å². The lowest BCUT2D eigenvalue weighted by molar-refractivity contribution is -0.131. The third-order valence-electron chi connectivity index (χ3n) is 4.40. The van der Waals surface area contributed by atoms with Gasteiger partial charge in [0.1, 0.15) is 0 Å². The van der Waals surface area contributed by atoms with Gasteiger partial charge in [-0.25, -0.2) is 0 Å². The van der Waals surface area contributed by atoms with E-state index in [1.165, 1.54) is 0 Å². The average molecular weight is 456 g/mol. The zero-order chi connectivity index (χ0) is 18.7. The van der Waals surface area contributed by atoms with Crippen molar-refractivity contribution in [1.29, 1.82) is 0 Å². The van der Waals surface area contributed by atoms with Gasteiger partial charge in [0.2, 0.25) is 5.91 Å². The van der Waals surface area contributed by atoms with Crippen molar-refractivity contribution in [3.63, 3.8) is 0 Å². The molecule has 0 saturated carbocycles. The predicted octanol–water partition coefficient (Wildman–Crippen LogP) is 4.28. The highest BCUT2D eigenvalue weighted by Gasteiger charge is 2.25. The summed E-state index contributed by atoms with van der Waals surface area (Å²) in [5.41, 5.74) is 1.40. The van der Waals surface area contributed by atoms with Crippen LogP contribution < -0.4 is 0 Å². The average Bonchev–Trinajstić information content (AvgIpc) is 2.65. The van der Waals surface area contributed by atoms with Crippen molar-refractivity contribution in [2.45, 2.75) is 6.42 Å². The molecule has 1 aliphatic rings. The minimum Gasteiger partial charge on any atom is -0.339 e. The molecule has 0 aliphatic carbocycles. The molecular formula is C19H17BrCl2N2O2. The summed E-state index contributed by atoms with van der Waals surface area (Å²) in [5, 5.41) is 1.17. The van der Waals surface area contributed by atoms with Gasteiger partial charge in [0.05, 0.1) is 6.42 Å². The molecule has 0 radical (unpaired) electrons. The monoisotopic (exact) mass is 454 g/mol. The topological polar surface area (TPSA) is 40.6 Å². The van der Waals surface area contributed by atoms with Crippen LogP contribution in [-0.4, -0.2) is 47.8 Å². The Labute approximate surface area is 170 Å². The summed E-state index contributed by atoms with van der Waals surface area (Å²) >= 11 is 15.5. The molecule has 26 heavy (non-hydrogen) atoms. The molecule has 1 fully saturated rings. The molecule has 0 aromatic heterocycles. The van der Waals surface area contributed by atoms with Gasteiger partial charge in [-0.3, -0.25) is 9.59 Å². The largest absolute Gasteiger partial charge is 0.339 e. The summed E-state index contributed by atoms with van der Waals surface area (Å²) in [7, 11) is 0. The van der Waals surface area contributed by atoms with Crippen LogP contribution in [0.3, 0.4) is 0 Å². The molecule has 0 atom stereocenters. The molecule has 1 aliphatic heterocycles. The maximum absolute atomic E-state index is 12.6. The number of piperazine rings is 1. The van der Waals surface area contributed by atoms with Crippen molar-refractivity contribution in [3.05, 3.63) is 68.1 Å². The maximum Gasteiger partial charge on any atom is 0.253 e. The van der Waals surface area contributed by atoms with Crippen molar-refractivity contribution in [2.24, 2.45) is 0 Å². The SMILES string of the molecule is O=C(Cc1c(Cl)cccc1Br)N1CCN(C(=O)c2ccc(Cl)cc2)CC1. The maximum atomic E-state index is 12.6. The zero-order valence-electron chi connectivity index (χ0n) is 13.9. The summed E-state index contributed by atoms with van der Waals surface area (Å²) in [5.74, 6) is -0.0278. The minimum absolute atomic E-state index is 0.0115. The lowest BCUT2D eigenvalue weighted by atomic mass is 10.1. The number of nitrogens with zero attached hydrogens (tertiary/aromatic N) is 2. The predicted molar refractivity (Wildman–Crippen MR) is 107 cm³/mol. The lowest BCUT2D eigenvalue weighted by Gasteiger charge is -2.35. The fraction of sp³-hybridized carbons (Fsp3) is 0.263. The van der Waals surface area contributed by atoms with Crippen molar-refractivity contribution < 1.29 is 9.59 Å². The molecule has 2 aromatic rings. The molecular weight excluding hydrogens is 439 g/mol. The van der Waals surface area contributed by atoms with E-state index in [9.17, 15) is 9.59 Å². The first-order valence-corrected chi connectivity index (χ1v) is 9.76. The number of halogens is 3. The van der Waals surface area contributed by atoms with E-state index < -0.39 is 0 Å². The summed E-state index contributed by atoms with van der Waals surface area (Å²) in [6.45, 7) is 2.05. The first kappa shape index (κ1) is 19.2. The summed E-state index contributed by atoms with van der Waals surface area (Å²) < 4.78 is 0.829. The van der Waals surface area contributed by atoms with Crippen LogP contribution in [0.1, 0.15) is 15.9 Å². The van der Waals surface area contributed by atoms with Gasteiger partial charge in [-0.15, -0.1) is 0 Å². The van der Waals surface area contributed by atoms with Gasteiger partial charge in [-0.1, -0.05) is 45.2 Å². The molecule has 4 nitrogen and oxygen atoms in total. The highest BCUT2D eigenvalue weighted by molar-refractivity contribution is 9.10. The van der Waals surface area contributed by atoms with Crippen molar-refractivity contribution in [2.75, 3.05) is 26.2 Å². The molecule has 1 heterocycles. The van der Waals surface area contributed by atoms with E-state index in [-0.39, 0.29) is 18.2 Å². The van der Waals surface area contributed by atoms with Crippen LogP contribution in [0.4, 0.5) is 0 Å². The first-order valence-electron chi connectivity index (χ1n) is 8.21. The van der Waals surface area contributed by atoms with Crippen LogP contribution in [0.25, 0.3) is 0 Å². The third-order valence-corrected chi connectivity index (χ3v) is 5.75. The number of benzene rings is 2. The Morgan fingerprint density at radius 2 is 1.54 bits per heavy atom. The second-order valence-electron chi connectivity index (χ2n) is 6.06. The lowest BCUT2D eigenvalue weighted by Crippen LogP contribution is -2.51. The number of amides is 2. The second-order valence-corrected chi connectivity index (χ2v) is 7.75. The third kappa shape index (κ3) is 4.40. The summed E-state index contributed by atoms with van der Waals surface area (Å²) in [4.78, 5) is 28.6. The van der Waals surface area contributed by atoms with E-state index in [0.29, 0.717) is 41.8 Å². The summed E-state index contributed by atoms with van der Waals surface area (Å²) in [6, 6.07) is 12.3. The first-order chi connectivity index (χ1) is 12.5. The van der Waals surface area contributed by atoms with Gasteiger partial charge in [-0.05, 0) is 42.0 Å². The Balaban J connectivity index is 1.58. The fourth-order valence-electron chi connectivity index (χ4n) is 2.90. The molecule has 7 heteroatoms. The standard InChI is InChI=1S/C19H17BrCl2N2O2/c20-16-2-1-3-17(22)15(16)12-18(25)23-8-10-24(11-9-23)19(26)13-4-6-14(21)7-5-13/h1-7H,8-12H2. The molecule has 1 saturated heterocycles. The number of rotatable bonds is 3. The van der Waals surface area contributed by atoms with Gasteiger partial charge in [0.15, 0.2) is 0 Å². The van der Waals surface area contributed by atoms with Gasteiger partial charge >= 0.3 is 0 Å². The Hall–Kier alpha value is -1.56. The minimum atomic E-state index is -0.0392. The molecule has 2 amide bonds. The van der Waals surface area contributed by atoms with Gasteiger partial charge in [-0.2, -0.15) is 0 Å². The van der Waals surface area contributed by atoms with Crippen molar-refractivity contribution in [3.8, 4) is 0 Å². The van der Waals surface area contributed by atoms with Crippen molar-refractivity contribution >= 4 is 50.9 Å². The number of hydrogen-bond donors (Lipinski definition) is 0. The Morgan fingerprint density at radius 1 is 0.923 bits per heavy atom. The summed E-state index contributed by atoms with van der Waals surface area (Å²) in [6.07, 6.45) is 0.241. The quantitative estimate of drug-likeness (QED) is 0.692. The second kappa shape index (κ2) is 8.42. The van der Waals surface area contributed by atoms with Gasteiger partial charge < -0.3 is 9.80 Å². The molecule has 0 N–H and O–H groups in total. The van der Waals surface area contributed by atoms with Crippen LogP contribution in [0, 0.1) is 0 Å². The molecule has 3 rings (SSSR count). The number of carbonyl (C=O) groups excluding carboxylic acids is 2. The molecule has 2 aromatic carbocycles. The highest BCUT2D eigenvalue weighted by atomic mass is 79.9. The number of hydrogen-bond acceptors (Lipinski definition) is 2. The van der Waals surface area contributed by atoms with Gasteiger partial charge in [0, 0.05) is 46.3 Å². The molecule has 0 spiro atoms. The van der Waals surface area contributed by atoms with E-state index in [2.05, 4.69) is 15.9 Å². The van der Waals surface area contributed by atoms with Crippen LogP contribution in [-0.2, 0) is 11.2 Å². The van der Waals surface area contributed by atoms with Crippen molar-refractivity contribution in [1.82, 2.24) is 9.80 Å². The molecule has 136 valence electrons. The van der Waals surface area contributed by atoms with E-state index in [1.807, 2.05) is 12.1 Å². The van der Waals surface area contributed by atoms with Crippen LogP contribution >= 0.6 is 39.1 Å². The van der Waals surface area contributed by atoms with Crippen LogP contribution in [0.2, 0.25) is 10.0 Å². The molecule has 0 unspecified atom stereocenters. The normalized spacial score (nSPS) is 14.4. The van der Waals surface area contributed by atoms with Crippen LogP contribution in [0.5, 0.6) is 0 Å². The Bertz CT molecular complexity index is 799. The Morgan fingerprint density at radius 3 is 2.15 bits per heavy atom.